The van der Waals surface area contributed by atoms with Crippen LogP contribution >= 0.6 is 11.6 Å². The van der Waals surface area contributed by atoms with Gasteiger partial charge in [-0.15, -0.1) is 0 Å². The number of hydrogen-bond acceptors (Lipinski definition) is 2. The summed E-state index contributed by atoms with van der Waals surface area (Å²) in [6, 6.07) is 6.11. The van der Waals surface area contributed by atoms with E-state index in [1.165, 1.54) is 11.1 Å². The van der Waals surface area contributed by atoms with Crippen LogP contribution in [0.1, 0.15) is 31.9 Å². The molecule has 0 heterocycles. The monoisotopic (exact) mass is 268 g/mol. The molecule has 18 heavy (non-hydrogen) atoms. The zero-order valence-corrected chi connectivity index (χ0v) is 12.9. The van der Waals surface area contributed by atoms with E-state index in [2.05, 4.69) is 51.0 Å². The molecule has 2 nitrogen and oxygen atoms in total. The largest absolute Gasteiger partial charge is 0.311 e. The van der Waals surface area contributed by atoms with Crippen LogP contribution in [0.3, 0.4) is 0 Å². The van der Waals surface area contributed by atoms with Crippen molar-refractivity contribution in [1.29, 1.82) is 0 Å². The molecule has 1 rings (SSSR count). The molecule has 0 aliphatic carbocycles. The van der Waals surface area contributed by atoms with Gasteiger partial charge in [-0.1, -0.05) is 23.7 Å². The standard InChI is InChI=1S/C15H25ClN2/c1-12-13(7-6-8-14(12)16)11-18(5)10-9-17-15(2,3)4/h6-8,17H,9-11H2,1-5H3. The minimum atomic E-state index is 0.187. The SMILES string of the molecule is Cc1c(Cl)cccc1CN(C)CCNC(C)(C)C. The van der Waals surface area contributed by atoms with Crippen LogP contribution in [0.4, 0.5) is 0 Å². The van der Waals surface area contributed by atoms with Gasteiger partial charge in [0, 0.05) is 30.2 Å². The third kappa shape index (κ3) is 5.38. The second-order valence-electron chi connectivity index (χ2n) is 5.94. The first-order valence-corrected chi connectivity index (χ1v) is 6.85. The maximum absolute atomic E-state index is 6.13. The van der Waals surface area contributed by atoms with Gasteiger partial charge in [-0.3, -0.25) is 0 Å². The highest BCUT2D eigenvalue weighted by Gasteiger charge is 2.09. The van der Waals surface area contributed by atoms with Gasteiger partial charge >= 0.3 is 0 Å². The summed E-state index contributed by atoms with van der Waals surface area (Å²) in [4.78, 5) is 2.32. The van der Waals surface area contributed by atoms with E-state index in [0.717, 1.165) is 24.7 Å². The minimum absolute atomic E-state index is 0.187. The first-order chi connectivity index (χ1) is 8.29. The number of benzene rings is 1. The van der Waals surface area contributed by atoms with Crippen molar-refractivity contribution < 1.29 is 0 Å². The highest BCUT2D eigenvalue weighted by Crippen LogP contribution is 2.19. The molecule has 0 amide bonds. The van der Waals surface area contributed by atoms with Gasteiger partial charge < -0.3 is 10.2 Å². The van der Waals surface area contributed by atoms with E-state index in [-0.39, 0.29) is 5.54 Å². The van der Waals surface area contributed by atoms with Crippen molar-refractivity contribution in [3.05, 3.63) is 34.3 Å². The summed E-state index contributed by atoms with van der Waals surface area (Å²) in [7, 11) is 2.14. The predicted molar refractivity (Wildman–Crippen MR) is 80.3 cm³/mol. The average Bonchev–Trinajstić information content (AvgIpc) is 2.23. The van der Waals surface area contributed by atoms with Gasteiger partial charge in [-0.2, -0.15) is 0 Å². The molecular formula is C15H25ClN2. The van der Waals surface area contributed by atoms with Crippen LogP contribution < -0.4 is 5.32 Å². The van der Waals surface area contributed by atoms with Crippen molar-refractivity contribution in [2.45, 2.75) is 39.8 Å². The zero-order valence-electron chi connectivity index (χ0n) is 12.2. The molecule has 0 saturated heterocycles. The van der Waals surface area contributed by atoms with Crippen LogP contribution in [-0.4, -0.2) is 30.6 Å². The quantitative estimate of drug-likeness (QED) is 0.880. The lowest BCUT2D eigenvalue weighted by Gasteiger charge is -2.24. The Bertz CT molecular complexity index is 383. The number of rotatable bonds is 5. The molecule has 1 N–H and O–H groups in total. The Morgan fingerprint density at radius 3 is 2.56 bits per heavy atom. The zero-order chi connectivity index (χ0) is 13.8. The fourth-order valence-corrected chi connectivity index (χ4v) is 2.01. The number of halogens is 1. The number of nitrogens with zero attached hydrogens (tertiary/aromatic N) is 1. The third-order valence-corrected chi connectivity index (χ3v) is 3.38. The maximum Gasteiger partial charge on any atom is 0.0438 e. The molecule has 0 spiro atoms. The Morgan fingerprint density at radius 1 is 1.28 bits per heavy atom. The van der Waals surface area contributed by atoms with Gasteiger partial charge in [0.1, 0.15) is 0 Å². The lowest BCUT2D eigenvalue weighted by Crippen LogP contribution is -2.40. The van der Waals surface area contributed by atoms with E-state index in [9.17, 15) is 0 Å². The average molecular weight is 269 g/mol. The van der Waals surface area contributed by atoms with Gasteiger partial charge in [0.15, 0.2) is 0 Å². The lowest BCUT2D eigenvalue weighted by atomic mass is 10.1. The molecule has 0 aromatic heterocycles. The molecule has 0 bridgehead atoms. The van der Waals surface area contributed by atoms with Crippen molar-refractivity contribution >= 4 is 11.6 Å². The molecule has 0 radical (unpaired) electrons. The predicted octanol–water partition coefficient (Wildman–Crippen LogP) is 3.47. The molecule has 1 aromatic rings. The van der Waals surface area contributed by atoms with Crippen LogP contribution in [0.2, 0.25) is 5.02 Å². The Labute approximate surface area is 116 Å². The van der Waals surface area contributed by atoms with Crippen LogP contribution in [0.5, 0.6) is 0 Å². The van der Waals surface area contributed by atoms with E-state index in [4.69, 9.17) is 11.6 Å². The van der Waals surface area contributed by atoms with Gasteiger partial charge in [-0.25, -0.2) is 0 Å². The molecule has 0 aliphatic heterocycles. The molecule has 3 heteroatoms. The summed E-state index contributed by atoms with van der Waals surface area (Å²) >= 11 is 6.13. The molecular weight excluding hydrogens is 244 g/mol. The van der Waals surface area contributed by atoms with E-state index >= 15 is 0 Å². The molecule has 0 aliphatic rings. The van der Waals surface area contributed by atoms with Crippen molar-refractivity contribution in [3.8, 4) is 0 Å². The minimum Gasteiger partial charge on any atom is -0.311 e. The Kier molecular flexibility index (Phi) is 5.64. The highest BCUT2D eigenvalue weighted by molar-refractivity contribution is 6.31. The normalized spacial score (nSPS) is 12.2. The van der Waals surface area contributed by atoms with Gasteiger partial charge in [0.2, 0.25) is 0 Å². The molecule has 102 valence electrons. The van der Waals surface area contributed by atoms with Gasteiger partial charge in [-0.05, 0) is 51.9 Å². The summed E-state index contributed by atoms with van der Waals surface area (Å²) in [5, 5.41) is 4.35. The summed E-state index contributed by atoms with van der Waals surface area (Å²) in [5.74, 6) is 0. The van der Waals surface area contributed by atoms with Gasteiger partial charge in [0.25, 0.3) is 0 Å². The van der Waals surface area contributed by atoms with Crippen molar-refractivity contribution in [2.24, 2.45) is 0 Å². The first kappa shape index (κ1) is 15.5. The smallest absolute Gasteiger partial charge is 0.0438 e. The molecule has 0 saturated carbocycles. The van der Waals surface area contributed by atoms with Crippen LogP contribution in [0, 0.1) is 6.92 Å². The van der Waals surface area contributed by atoms with Crippen LogP contribution in [0.15, 0.2) is 18.2 Å². The summed E-state index contributed by atoms with van der Waals surface area (Å²) < 4.78 is 0. The Morgan fingerprint density at radius 2 is 1.94 bits per heavy atom. The van der Waals surface area contributed by atoms with Crippen molar-refractivity contribution in [3.63, 3.8) is 0 Å². The highest BCUT2D eigenvalue weighted by atomic mass is 35.5. The Hall–Kier alpha value is -0.570. The number of likely N-dealkylation sites (N-methyl/N-ethyl adjacent to an activating group) is 1. The fourth-order valence-electron chi connectivity index (χ4n) is 1.82. The van der Waals surface area contributed by atoms with Gasteiger partial charge in [0.05, 0.1) is 0 Å². The van der Waals surface area contributed by atoms with Crippen LogP contribution in [0.25, 0.3) is 0 Å². The molecule has 1 aromatic carbocycles. The van der Waals surface area contributed by atoms with E-state index in [0.29, 0.717) is 0 Å². The second kappa shape index (κ2) is 6.55. The van der Waals surface area contributed by atoms with E-state index in [1.54, 1.807) is 0 Å². The summed E-state index contributed by atoms with van der Waals surface area (Å²) in [6.07, 6.45) is 0. The van der Waals surface area contributed by atoms with Crippen molar-refractivity contribution in [2.75, 3.05) is 20.1 Å². The van der Waals surface area contributed by atoms with Crippen molar-refractivity contribution in [1.82, 2.24) is 10.2 Å². The maximum atomic E-state index is 6.13. The number of nitrogens with one attached hydrogen (secondary N) is 1. The fraction of sp³-hybridized carbons (Fsp3) is 0.600. The lowest BCUT2D eigenvalue weighted by molar-refractivity contribution is 0.303. The third-order valence-electron chi connectivity index (χ3n) is 2.97. The second-order valence-corrected chi connectivity index (χ2v) is 6.35. The molecule has 0 unspecified atom stereocenters. The summed E-state index contributed by atoms with van der Waals surface area (Å²) in [5.41, 5.74) is 2.68. The molecule has 0 atom stereocenters. The topological polar surface area (TPSA) is 15.3 Å². The Balaban J connectivity index is 2.45. The van der Waals surface area contributed by atoms with E-state index < -0.39 is 0 Å². The summed E-state index contributed by atoms with van der Waals surface area (Å²) in [6.45, 7) is 11.6. The number of hydrogen-bond donors (Lipinski definition) is 1. The van der Waals surface area contributed by atoms with E-state index in [1.807, 2.05) is 12.1 Å². The first-order valence-electron chi connectivity index (χ1n) is 6.47. The molecule has 0 fully saturated rings. The van der Waals surface area contributed by atoms with Crippen LogP contribution in [-0.2, 0) is 6.54 Å².